The minimum absolute atomic E-state index is 0.0316. The van der Waals surface area contributed by atoms with Crippen molar-refractivity contribution < 1.29 is 4.79 Å². The topological polar surface area (TPSA) is 35.6 Å². The molecule has 0 unspecified atom stereocenters. The van der Waals surface area contributed by atoms with Crippen LogP contribution >= 0.6 is 23.2 Å². The highest BCUT2D eigenvalue weighted by molar-refractivity contribution is 6.42. The molecule has 1 aliphatic rings. The third-order valence-electron chi connectivity index (χ3n) is 4.28. The van der Waals surface area contributed by atoms with Gasteiger partial charge in [0.1, 0.15) is 0 Å². The highest BCUT2D eigenvalue weighted by atomic mass is 35.5. The second-order valence-electron chi connectivity index (χ2n) is 6.21. The van der Waals surface area contributed by atoms with Gasteiger partial charge in [-0.05, 0) is 29.8 Å². The molecular weight excluding hydrogens is 357 g/mol. The van der Waals surface area contributed by atoms with Gasteiger partial charge in [-0.3, -0.25) is 14.6 Å². The molecule has 2 aromatic rings. The number of benzene rings is 2. The van der Waals surface area contributed by atoms with E-state index in [0.717, 1.165) is 44.0 Å². The minimum Gasteiger partial charge on any atom is -0.325 e. The molecule has 1 N–H and O–H groups in total. The number of nitrogens with zero attached hydrogens (tertiary/aromatic N) is 2. The number of carbonyl (C=O) groups is 1. The van der Waals surface area contributed by atoms with Crippen molar-refractivity contribution in [3.05, 3.63) is 64.1 Å². The third-order valence-corrected chi connectivity index (χ3v) is 5.02. The summed E-state index contributed by atoms with van der Waals surface area (Å²) in [6.45, 7) is 4.89. The van der Waals surface area contributed by atoms with E-state index in [9.17, 15) is 4.79 Å². The van der Waals surface area contributed by atoms with Crippen molar-refractivity contribution in [1.82, 2.24) is 9.80 Å². The van der Waals surface area contributed by atoms with E-state index in [1.165, 1.54) is 0 Å². The number of hydrogen-bond donors (Lipinski definition) is 1. The summed E-state index contributed by atoms with van der Waals surface area (Å²) < 4.78 is 0. The van der Waals surface area contributed by atoms with Crippen LogP contribution < -0.4 is 5.32 Å². The number of amides is 1. The number of piperazine rings is 1. The van der Waals surface area contributed by atoms with Gasteiger partial charge in [0.25, 0.3) is 0 Å². The van der Waals surface area contributed by atoms with E-state index in [1.807, 2.05) is 48.5 Å². The number of rotatable bonds is 5. The molecule has 0 spiro atoms. The second-order valence-corrected chi connectivity index (χ2v) is 7.03. The molecule has 3 rings (SSSR count). The SMILES string of the molecule is O=C(CN1CCN(Cc2ccc(Cl)c(Cl)c2)CC1)Nc1ccccc1. The van der Waals surface area contributed by atoms with Crippen molar-refractivity contribution >= 4 is 34.8 Å². The normalized spacial score (nSPS) is 15.9. The van der Waals surface area contributed by atoms with Crippen LogP contribution in [0, 0.1) is 0 Å². The highest BCUT2D eigenvalue weighted by Gasteiger charge is 2.19. The fourth-order valence-corrected chi connectivity index (χ4v) is 3.25. The lowest BCUT2D eigenvalue weighted by Gasteiger charge is -2.34. The summed E-state index contributed by atoms with van der Waals surface area (Å²) in [6, 6.07) is 15.3. The van der Waals surface area contributed by atoms with E-state index in [0.29, 0.717) is 16.6 Å². The molecule has 1 amide bonds. The molecule has 0 aliphatic carbocycles. The number of hydrogen-bond acceptors (Lipinski definition) is 3. The lowest BCUT2D eigenvalue weighted by atomic mass is 10.2. The van der Waals surface area contributed by atoms with E-state index in [2.05, 4.69) is 15.1 Å². The Morgan fingerprint density at radius 2 is 1.60 bits per heavy atom. The van der Waals surface area contributed by atoms with E-state index < -0.39 is 0 Å². The Balaban J connectivity index is 1.43. The van der Waals surface area contributed by atoms with Gasteiger partial charge >= 0.3 is 0 Å². The van der Waals surface area contributed by atoms with Gasteiger partial charge in [0, 0.05) is 38.4 Å². The van der Waals surface area contributed by atoms with Crippen LogP contribution in [0.2, 0.25) is 10.0 Å². The molecule has 0 radical (unpaired) electrons. The largest absolute Gasteiger partial charge is 0.325 e. The summed E-state index contributed by atoms with van der Waals surface area (Å²) in [7, 11) is 0. The number of anilines is 1. The Kier molecular flexibility index (Phi) is 6.32. The fourth-order valence-electron chi connectivity index (χ4n) is 2.93. The standard InChI is InChI=1S/C19H21Cl2N3O/c20-17-7-6-15(12-18(17)21)13-23-8-10-24(11-9-23)14-19(25)22-16-4-2-1-3-5-16/h1-7,12H,8-11,13-14H2,(H,22,25). The first-order chi connectivity index (χ1) is 12.1. The van der Waals surface area contributed by atoms with Gasteiger partial charge in [-0.15, -0.1) is 0 Å². The van der Waals surface area contributed by atoms with Gasteiger partial charge in [-0.1, -0.05) is 47.5 Å². The summed E-state index contributed by atoms with van der Waals surface area (Å²) in [5.41, 5.74) is 2.00. The Morgan fingerprint density at radius 3 is 2.28 bits per heavy atom. The quantitative estimate of drug-likeness (QED) is 0.861. The van der Waals surface area contributed by atoms with Crippen LogP contribution in [0.3, 0.4) is 0 Å². The maximum absolute atomic E-state index is 12.1. The predicted molar refractivity (Wildman–Crippen MR) is 103 cm³/mol. The zero-order valence-electron chi connectivity index (χ0n) is 13.9. The monoisotopic (exact) mass is 377 g/mol. The smallest absolute Gasteiger partial charge is 0.238 e. The molecule has 2 aromatic carbocycles. The number of para-hydroxylation sites is 1. The Labute approximate surface area is 158 Å². The molecule has 25 heavy (non-hydrogen) atoms. The van der Waals surface area contributed by atoms with Gasteiger partial charge in [-0.25, -0.2) is 0 Å². The average Bonchev–Trinajstić information content (AvgIpc) is 2.61. The summed E-state index contributed by atoms with van der Waals surface area (Å²) in [4.78, 5) is 16.7. The maximum atomic E-state index is 12.1. The molecule has 0 saturated carbocycles. The van der Waals surface area contributed by atoms with Crippen LogP contribution in [0.1, 0.15) is 5.56 Å². The summed E-state index contributed by atoms with van der Waals surface area (Å²) in [5.74, 6) is 0.0316. The number of carbonyl (C=O) groups excluding carboxylic acids is 1. The first-order valence-corrected chi connectivity index (χ1v) is 9.09. The van der Waals surface area contributed by atoms with Crippen molar-refractivity contribution in [3.63, 3.8) is 0 Å². The Morgan fingerprint density at radius 1 is 0.920 bits per heavy atom. The van der Waals surface area contributed by atoms with Crippen LogP contribution in [0.4, 0.5) is 5.69 Å². The lowest BCUT2D eigenvalue weighted by Crippen LogP contribution is -2.48. The summed E-state index contributed by atoms with van der Waals surface area (Å²) in [5, 5.41) is 4.11. The first kappa shape index (κ1) is 18.2. The second kappa shape index (κ2) is 8.68. The van der Waals surface area contributed by atoms with Crippen molar-refractivity contribution in [1.29, 1.82) is 0 Å². The molecule has 1 heterocycles. The van der Waals surface area contributed by atoms with Gasteiger partial charge in [0.15, 0.2) is 0 Å². The molecule has 0 bridgehead atoms. The van der Waals surface area contributed by atoms with E-state index in [4.69, 9.17) is 23.2 Å². The molecule has 6 heteroatoms. The van der Waals surface area contributed by atoms with E-state index in [-0.39, 0.29) is 5.91 Å². The molecule has 0 aromatic heterocycles. The van der Waals surface area contributed by atoms with Gasteiger partial charge in [-0.2, -0.15) is 0 Å². The van der Waals surface area contributed by atoms with Crippen molar-refractivity contribution in [3.8, 4) is 0 Å². The summed E-state index contributed by atoms with van der Waals surface area (Å²) >= 11 is 12.0. The fraction of sp³-hybridized carbons (Fsp3) is 0.316. The molecule has 0 atom stereocenters. The van der Waals surface area contributed by atoms with Crippen molar-refractivity contribution in [2.24, 2.45) is 0 Å². The number of nitrogens with one attached hydrogen (secondary N) is 1. The molecule has 4 nitrogen and oxygen atoms in total. The molecule has 1 saturated heterocycles. The third kappa shape index (κ3) is 5.44. The van der Waals surface area contributed by atoms with Gasteiger partial charge in [0.2, 0.25) is 5.91 Å². The van der Waals surface area contributed by atoms with E-state index >= 15 is 0 Å². The first-order valence-electron chi connectivity index (χ1n) is 8.34. The van der Waals surface area contributed by atoms with Crippen LogP contribution in [-0.2, 0) is 11.3 Å². The predicted octanol–water partition coefficient (Wildman–Crippen LogP) is 3.75. The molecule has 1 fully saturated rings. The van der Waals surface area contributed by atoms with Crippen LogP contribution in [0.15, 0.2) is 48.5 Å². The molecule has 132 valence electrons. The maximum Gasteiger partial charge on any atom is 0.238 e. The van der Waals surface area contributed by atoms with E-state index in [1.54, 1.807) is 0 Å². The molecule has 1 aliphatic heterocycles. The van der Waals surface area contributed by atoms with Gasteiger partial charge in [0.05, 0.1) is 16.6 Å². The Hall–Kier alpha value is -1.59. The average molecular weight is 378 g/mol. The van der Waals surface area contributed by atoms with Crippen LogP contribution in [0.5, 0.6) is 0 Å². The summed E-state index contributed by atoms with van der Waals surface area (Å²) in [6.07, 6.45) is 0. The van der Waals surface area contributed by atoms with Crippen LogP contribution in [-0.4, -0.2) is 48.4 Å². The lowest BCUT2D eigenvalue weighted by molar-refractivity contribution is -0.117. The van der Waals surface area contributed by atoms with Crippen LogP contribution in [0.25, 0.3) is 0 Å². The zero-order chi connectivity index (χ0) is 17.6. The number of halogens is 2. The van der Waals surface area contributed by atoms with Crippen molar-refractivity contribution in [2.45, 2.75) is 6.54 Å². The minimum atomic E-state index is 0.0316. The van der Waals surface area contributed by atoms with Gasteiger partial charge < -0.3 is 5.32 Å². The zero-order valence-corrected chi connectivity index (χ0v) is 15.4. The molecular formula is C19H21Cl2N3O. The highest BCUT2D eigenvalue weighted by Crippen LogP contribution is 2.23. The Bertz CT molecular complexity index is 716. The van der Waals surface area contributed by atoms with Crippen molar-refractivity contribution in [2.75, 3.05) is 38.0 Å².